The molecule has 1 heterocycles. The van der Waals surface area contributed by atoms with E-state index in [-0.39, 0.29) is 17.3 Å². The van der Waals surface area contributed by atoms with Crippen LogP contribution in [0.2, 0.25) is 0 Å². The Morgan fingerprint density at radius 1 is 0.960 bits per heavy atom. The number of nitrogens with one attached hydrogen (secondary N) is 2. The number of carbonyl (C=O) groups is 1. The maximum Gasteiger partial charge on any atom is 0.266 e. The van der Waals surface area contributed by atoms with Gasteiger partial charge in [0, 0.05) is 5.56 Å². The van der Waals surface area contributed by atoms with Gasteiger partial charge >= 0.3 is 0 Å². The molecule has 0 fully saturated rings. The van der Waals surface area contributed by atoms with Crippen LogP contribution in [0.5, 0.6) is 11.5 Å². The molecule has 8 heteroatoms. The molecule has 4 rings (SSSR count). The Morgan fingerprint density at radius 3 is 2.64 bits per heavy atom. The van der Waals surface area contributed by atoms with Crippen LogP contribution in [-0.4, -0.2) is 21.1 Å². The van der Waals surface area contributed by atoms with E-state index in [1.54, 1.807) is 18.2 Å². The second kappa shape index (κ2) is 6.05. The molecule has 0 saturated carbocycles. The molecule has 0 aromatic heterocycles. The fraction of sp³-hybridized carbons (Fsp3) is 0.235. The van der Waals surface area contributed by atoms with Crippen molar-refractivity contribution in [3.05, 3.63) is 53.1 Å². The van der Waals surface area contributed by atoms with Crippen molar-refractivity contribution in [1.29, 1.82) is 0 Å². The van der Waals surface area contributed by atoms with Crippen LogP contribution >= 0.6 is 0 Å². The van der Waals surface area contributed by atoms with Gasteiger partial charge in [0.15, 0.2) is 11.5 Å². The van der Waals surface area contributed by atoms with Gasteiger partial charge in [0.2, 0.25) is 6.79 Å². The molecular weight excluding hydrogens is 344 g/mol. The lowest BCUT2D eigenvalue weighted by Crippen LogP contribution is -2.41. The first-order chi connectivity index (χ1) is 12.0. The summed E-state index contributed by atoms with van der Waals surface area (Å²) in [5.41, 5.74) is 4.72. The predicted octanol–water partition coefficient (Wildman–Crippen LogP) is 1.53. The largest absolute Gasteiger partial charge is 0.454 e. The second-order valence-corrected chi connectivity index (χ2v) is 7.59. The van der Waals surface area contributed by atoms with Gasteiger partial charge in [-0.3, -0.25) is 10.2 Å². The average molecular weight is 360 g/mol. The molecule has 0 bridgehead atoms. The number of hydrazine groups is 1. The van der Waals surface area contributed by atoms with Crippen molar-refractivity contribution in [2.24, 2.45) is 0 Å². The summed E-state index contributed by atoms with van der Waals surface area (Å²) in [7, 11) is -3.83. The molecule has 0 atom stereocenters. The third kappa shape index (κ3) is 3.06. The Balaban J connectivity index is 1.47. The van der Waals surface area contributed by atoms with E-state index in [9.17, 15) is 13.2 Å². The molecule has 1 aliphatic heterocycles. The Labute approximate surface area is 145 Å². The van der Waals surface area contributed by atoms with Crippen LogP contribution in [0.1, 0.15) is 27.9 Å². The van der Waals surface area contributed by atoms with Crippen molar-refractivity contribution in [3.8, 4) is 11.5 Å². The summed E-state index contributed by atoms with van der Waals surface area (Å²) >= 11 is 0. The van der Waals surface area contributed by atoms with Gasteiger partial charge in [-0.2, -0.15) is 0 Å². The number of carbonyl (C=O) groups excluding carboxylic acids is 1. The summed E-state index contributed by atoms with van der Waals surface area (Å²) < 4.78 is 35.2. The number of aryl methyl sites for hydroxylation is 2. The van der Waals surface area contributed by atoms with Crippen LogP contribution in [0.15, 0.2) is 41.3 Å². The van der Waals surface area contributed by atoms with E-state index < -0.39 is 15.9 Å². The summed E-state index contributed by atoms with van der Waals surface area (Å²) in [4.78, 5) is 14.4. The molecule has 130 valence electrons. The van der Waals surface area contributed by atoms with E-state index in [1.807, 2.05) is 6.07 Å². The molecule has 0 spiro atoms. The number of sulfonamides is 1. The van der Waals surface area contributed by atoms with Gasteiger partial charge in [0.05, 0.1) is 4.90 Å². The van der Waals surface area contributed by atoms with Crippen molar-refractivity contribution in [2.75, 3.05) is 6.79 Å². The fourth-order valence-electron chi connectivity index (χ4n) is 3.00. The molecule has 1 aliphatic carbocycles. The Kier molecular flexibility index (Phi) is 3.85. The Morgan fingerprint density at radius 2 is 1.76 bits per heavy atom. The minimum Gasteiger partial charge on any atom is -0.454 e. The van der Waals surface area contributed by atoms with Crippen LogP contribution in [-0.2, 0) is 22.9 Å². The van der Waals surface area contributed by atoms with Crippen molar-refractivity contribution in [1.82, 2.24) is 10.3 Å². The zero-order chi connectivity index (χ0) is 17.4. The number of amides is 1. The van der Waals surface area contributed by atoms with Gasteiger partial charge in [-0.1, -0.05) is 6.07 Å². The van der Waals surface area contributed by atoms with Gasteiger partial charge in [-0.05, 0) is 60.7 Å². The second-order valence-electron chi connectivity index (χ2n) is 5.91. The molecule has 2 aromatic rings. The molecule has 0 unspecified atom stereocenters. The van der Waals surface area contributed by atoms with E-state index >= 15 is 0 Å². The first-order valence-electron chi connectivity index (χ1n) is 7.86. The van der Waals surface area contributed by atoms with Gasteiger partial charge < -0.3 is 9.47 Å². The highest BCUT2D eigenvalue weighted by Crippen LogP contribution is 2.32. The zero-order valence-electron chi connectivity index (χ0n) is 13.2. The van der Waals surface area contributed by atoms with Gasteiger partial charge in [0.25, 0.3) is 15.9 Å². The standard InChI is InChI=1S/C17H16N2O5S/c20-17(13-5-7-15-16(9-13)24-10-23-15)18-19-25(21,22)14-6-4-11-2-1-3-12(11)8-14/h4-9,19H,1-3,10H2,(H,18,20). The molecule has 2 N–H and O–H groups in total. The topological polar surface area (TPSA) is 93.7 Å². The van der Waals surface area contributed by atoms with E-state index in [4.69, 9.17) is 9.47 Å². The van der Waals surface area contributed by atoms with Crippen LogP contribution in [0.3, 0.4) is 0 Å². The van der Waals surface area contributed by atoms with Crippen LogP contribution in [0.25, 0.3) is 0 Å². The number of hydrogen-bond acceptors (Lipinski definition) is 5. The lowest BCUT2D eigenvalue weighted by molar-refractivity contribution is 0.0944. The van der Waals surface area contributed by atoms with E-state index in [0.29, 0.717) is 11.5 Å². The maximum absolute atomic E-state index is 12.4. The van der Waals surface area contributed by atoms with Crippen LogP contribution in [0, 0.1) is 0 Å². The van der Waals surface area contributed by atoms with Gasteiger partial charge in [-0.15, -0.1) is 4.83 Å². The molecule has 7 nitrogen and oxygen atoms in total. The smallest absolute Gasteiger partial charge is 0.266 e. The molecule has 2 aliphatic rings. The predicted molar refractivity (Wildman–Crippen MR) is 88.8 cm³/mol. The van der Waals surface area contributed by atoms with Crippen molar-refractivity contribution in [3.63, 3.8) is 0 Å². The van der Waals surface area contributed by atoms with E-state index in [1.165, 1.54) is 17.7 Å². The fourth-order valence-corrected chi connectivity index (χ4v) is 3.89. The van der Waals surface area contributed by atoms with Gasteiger partial charge in [-0.25, -0.2) is 8.42 Å². The summed E-state index contributed by atoms with van der Waals surface area (Å²) in [6.45, 7) is 0.103. The lowest BCUT2D eigenvalue weighted by Gasteiger charge is -2.10. The van der Waals surface area contributed by atoms with Crippen molar-refractivity contribution < 1.29 is 22.7 Å². The zero-order valence-corrected chi connectivity index (χ0v) is 14.1. The third-order valence-corrected chi connectivity index (χ3v) is 5.56. The molecule has 1 amide bonds. The SMILES string of the molecule is O=C(NNS(=O)(=O)c1ccc2c(c1)CCC2)c1ccc2c(c1)OCO2. The quantitative estimate of drug-likeness (QED) is 0.807. The summed E-state index contributed by atoms with van der Waals surface area (Å²) in [6, 6.07) is 9.69. The minimum absolute atomic E-state index is 0.103. The van der Waals surface area contributed by atoms with Crippen molar-refractivity contribution >= 4 is 15.9 Å². The molecule has 2 aromatic carbocycles. The highest BCUT2D eigenvalue weighted by atomic mass is 32.2. The lowest BCUT2D eigenvalue weighted by atomic mass is 10.1. The first-order valence-corrected chi connectivity index (χ1v) is 9.35. The number of rotatable bonds is 4. The van der Waals surface area contributed by atoms with E-state index in [0.717, 1.165) is 24.8 Å². The maximum atomic E-state index is 12.4. The molecule has 0 radical (unpaired) electrons. The number of hydrogen-bond donors (Lipinski definition) is 2. The number of benzene rings is 2. The van der Waals surface area contributed by atoms with Crippen LogP contribution < -0.4 is 19.7 Å². The number of fused-ring (bicyclic) bond motifs is 2. The summed E-state index contributed by atoms with van der Waals surface area (Å²) in [6.07, 6.45) is 2.89. The molecular formula is C17H16N2O5S. The summed E-state index contributed by atoms with van der Waals surface area (Å²) in [5, 5.41) is 0. The van der Waals surface area contributed by atoms with E-state index in [2.05, 4.69) is 10.3 Å². The summed E-state index contributed by atoms with van der Waals surface area (Å²) in [5.74, 6) is 0.424. The molecule has 0 saturated heterocycles. The monoisotopic (exact) mass is 360 g/mol. The number of ether oxygens (including phenoxy) is 2. The average Bonchev–Trinajstić information content (AvgIpc) is 3.26. The normalized spacial score (nSPS) is 15.0. The van der Waals surface area contributed by atoms with Gasteiger partial charge in [0.1, 0.15) is 0 Å². The highest BCUT2D eigenvalue weighted by Gasteiger charge is 2.20. The first kappa shape index (κ1) is 15.9. The third-order valence-electron chi connectivity index (χ3n) is 4.31. The minimum atomic E-state index is -3.83. The van der Waals surface area contributed by atoms with Crippen LogP contribution in [0.4, 0.5) is 0 Å². The Hall–Kier alpha value is -2.58. The Bertz CT molecular complexity index is 956. The molecule has 25 heavy (non-hydrogen) atoms. The highest BCUT2D eigenvalue weighted by molar-refractivity contribution is 7.89. The van der Waals surface area contributed by atoms with Crippen molar-refractivity contribution in [2.45, 2.75) is 24.2 Å².